The number of nitrogens with zero attached hydrogens (tertiary/aromatic N) is 1. The van der Waals surface area contributed by atoms with Crippen LogP contribution in [0, 0.1) is 0 Å². The monoisotopic (exact) mass is 116 g/mol. The van der Waals surface area contributed by atoms with Gasteiger partial charge in [-0.15, -0.1) is 0 Å². The van der Waals surface area contributed by atoms with Crippen molar-refractivity contribution in [2.75, 3.05) is 0 Å². The van der Waals surface area contributed by atoms with E-state index in [-0.39, 0.29) is 0 Å². The van der Waals surface area contributed by atoms with Crippen LogP contribution in [0.25, 0.3) is 0 Å². The largest absolute Gasteiger partial charge is 0.274 e. The maximum Gasteiger partial charge on any atom is 0.0441 e. The molecule has 0 radical (unpaired) electrons. The Morgan fingerprint density at radius 2 is 2.57 bits per heavy atom. The van der Waals surface area contributed by atoms with Gasteiger partial charge >= 0.3 is 0 Å². The zero-order valence-corrected chi connectivity index (χ0v) is 5.03. The summed E-state index contributed by atoms with van der Waals surface area (Å²) in [6.07, 6.45) is 0. The van der Waals surface area contributed by atoms with Crippen LogP contribution in [0.1, 0.15) is 6.92 Å². The van der Waals surface area contributed by atoms with Crippen LogP contribution in [0.5, 0.6) is 0 Å². The van der Waals surface area contributed by atoms with E-state index in [9.17, 15) is 0 Å². The summed E-state index contributed by atoms with van der Waals surface area (Å²) in [6.45, 7) is 5.13. The van der Waals surface area contributed by atoms with Gasteiger partial charge in [0, 0.05) is 11.1 Å². The molecule has 0 rings (SSSR count). The van der Waals surface area contributed by atoms with E-state index in [1.54, 1.807) is 5.41 Å². The van der Waals surface area contributed by atoms with E-state index < -0.39 is 0 Å². The summed E-state index contributed by atoms with van der Waals surface area (Å²) in [5, 5.41) is 6.79. The van der Waals surface area contributed by atoms with Crippen LogP contribution in [0.15, 0.2) is 16.1 Å². The standard InChI is InChI=1S/C4H8N2S/c1-4(6-2)3-7-5/h3H,2,5H2,1H3/b4-3-. The highest BCUT2D eigenvalue weighted by Gasteiger charge is 1.73. The van der Waals surface area contributed by atoms with Crippen LogP contribution in [-0.4, -0.2) is 6.72 Å². The number of nitrogens with two attached hydrogens (primary N) is 1. The molecule has 0 aliphatic carbocycles. The molecule has 7 heavy (non-hydrogen) atoms. The number of allylic oxidation sites excluding steroid dienone is 1. The average molecular weight is 116 g/mol. The molecule has 2 nitrogen and oxygen atoms in total. The van der Waals surface area contributed by atoms with E-state index in [2.05, 4.69) is 11.7 Å². The smallest absolute Gasteiger partial charge is 0.0441 e. The Labute approximate surface area is 47.6 Å². The molecule has 3 heteroatoms. The molecule has 0 fully saturated rings. The highest BCUT2D eigenvalue weighted by molar-refractivity contribution is 7.99. The van der Waals surface area contributed by atoms with Gasteiger partial charge in [0.25, 0.3) is 0 Å². The number of hydrogen-bond acceptors (Lipinski definition) is 3. The minimum Gasteiger partial charge on any atom is -0.274 e. The minimum atomic E-state index is 0.854. The molecule has 0 spiro atoms. The third-order valence-electron chi connectivity index (χ3n) is 0.488. The maximum atomic E-state index is 5.06. The van der Waals surface area contributed by atoms with Gasteiger partial charge in [0.15, 0.2) is 0 Å². The van der Waals surface area contributed by atoms with Gasteiger partial charge in [-0.3, -0.25) is 10.1 Å². The fraction of sp³-hybridized carbons (Fsp3) is 0.250. The van der Waals surface area contributed by atoms with E-state index in [1.807, 2.05) is 6.92 Å². The van der Waals surface area contributed by atoms with Crippen molar-refractivity contribution < 1.29 is 0 Å². The second kappa shape index (κ2) is 3.89. The fourth-order valence-corrected chi connectivity index (χ4v) is 0.407. The molecule has 0 aliphatic heterocycles. The second-order valence-electron chi connectivity index (χ2n) is 1.05. The lowest BCUT2D eigenvalue weighted by Gasteiger charge is -1.82. The van der Waals surface area contributed by atoms with Crippen molar-refractivity contribution in [2.45, 2.75) is 6.92 Å². The second-order valence-corrected chi connectivity index (χ2v) is 1.56. The Hall–Kier alpha value is -0.280. The van der Waals surface area contributed by atoms with Gasteiger partial charge in [0.2, 0.25) is 0 Å². The molecule has 0 heterocycles. The first-order chi connectivity index (χ1) is 3.31. The third kappa shape index (κ3) is 3.55. The van der Waals surface area contributed by atoms with Crippen molar-refractivity contribution in [1.29, 1.82) is 0 Å². The van der Waals surface area contributed by atoms with E-state index in [0.29, 0.717) is 0 Å². The zero-order chi connectivity index (χ0) is 5.70. The average Bonchev–Trinajstić information content (AvgIpc) is 1.68. The Morgan fingerprint density at radius 1 is 2.00 bits per heavy atom. The molecule has 0 amide bonds. The van der Waals surface area contributed by atoms with E-state index in [4.69, 9.17) is 5.14 Å². The molecule has 40 valence electrons. The van der Waals surface area contributed by atoms with E-state index in [0.717, 1.165) is 17.6 Å². The maximum absolute atomic E-state index is 5.06. The van der Waals surface area contributed by atoms with Gasteiger partial charge in [-0.05, 0) is 13.6 Å². The van der Waals surface area contributed by atoms with Gasteiger partial charge in [-0.25, -0.2) is 0 Å². The first kappa shape index (κ1) is 6.72. The first-order valence-electron chi connectivity index (χ1n) is 1.80. The van der Waals surface area contributed by atoms with E-state index in [1.165, 1.54) is 0 Å². The molecular weight excluding hydrogens is 108 g/mol. The summed E-state index contributed by atoms with van der Waals surface area (Å²) in [6, 6.07) is 0. The van der Waals surface area contributed by atoms with Gasteiger partial charge in [0.1, 0.15) is 0 Å². The molecule has 0 atom stereocenters. The molecule has 2 N–H and O–H groups in total. The predicted octanol–water partition coefficient (Wildman–Crippen LogP) is 1.16. The number of aliphatic imine (C=N–C) groups is 1. The zero-order valence-electron chi connectivity index (χ0n) is 4.22. The lowest BCUT2D eigenvalue weighted by atomic mass is 10.6. The van der Waals surface area contributed by atoms with Crippen LogP contribution >= 0.6 is 11.9 Å². The van der Waals surface area contributed by atoms with Crippen molar-refractivity contribution in [2.24, 2.45) is 10.1 Å². The van der Waals surface area contributed by atoms with Crippen LogP contribution in [0.3, 0.4) is 0 Å². The van der Waals surface area contributed by atoms with Crippen LogP contribution in [0.4, 0.5) is 0 Å². The number of hydrogen-bond donors (Lipinski definition) is 1. The fourth-order valence-electron chi connectivity index (χ4n) is 0.136. The lowest BCUT2D eigenvalue weighted by molar-refractivity contribution is 1.34. The van der Waals surface area contributed by atoms with Gasteiger partial charge in [-0.2, -0.15) is 0 Å². The van der Waals surface area contributed by atoms with Crippen LogP contribution in [-0.2, 0) is 0 Å². The quantitative estimate of drug-likeness (QED) is 0.434. The predicted molar refractivity (Wildman–Crippen MR) is 35.1 cm³/mol. The van der Waals surface area contributed by atoms with Gasteiger partial charge in [-0.1, -0.05) is 11.9 Å². The molecule has 0 aromatic rings. The van der Waals surface area contributed by atoms with E-state index >= 15 is 0 Å². The van der Waals surface area contributed by atoms with Crippen molar-refractivity contribution in [1.82, 2.24) is 0 Å². The topological polar surface area (TPSA) is 38.4 Å². The molecule has 0 aliphatic rings. The highest BCUT2D eigenvalue weighted by atomic mass is 32.2. The Bertz CT molecular complexity index is 87.7. The third-order valence-corrected chi connectivity index (χ3v) is 0.965. The van der Waals surface area contributed by atoms with Gasteiger partial charge in [0.05, 0.1) is 0 Å². The van der Waals surface area contributed by atoms with Gasteiger partial charge < -0.3 is 0 Å². The summed E-state index contributed by atoms with van der Waals surface area (Å²) in [5.74, 6) is 0. The van der Waals surface area contributed by atoms with Crippen molar-refractivity contribution in [3.63, 3.8) is 0 Å². The molecule has 0 bridgehead atoms. The summed E-state index contributed by atoms with van der Waals surface area (Å²) < 4.78 is 0. The molecule has 0 saturated heterocycles. The van der Waals surface area contributed by atoms with Crippen LogP contribution < -0.4 is 5.14 Å². The van der Waals surface area contributed by atoms with Crippen LogP contribution in [0.2, 0.25) is 0 Å². The summed E-state index contributed by atoms with van der Waals surface area (Å²) >= 11 is 1.14. The Balaban J connectivity index is 3.49. The minimum absolute atomic E-state index is 0.854. The molecule has 0 saturated carbocycles. The van der Waals surface area contributed by atoms with Crippen molar-refractivity contribution in [3.8, 4) is 0 Å². The Morgan fingerprint density at radius 3 is 2.71 bits per heavy atom. The molecular formula is C4H8N2S. The van der Waals surface area contributed by atoms with Crippen molar-refractivity contribution >= 4 is 18.7 Å². The summed E-state index contributed by atoms with van der Waals surface area (Å²) in [4.78, 5) is 3.59. The SMILES string of the molecule is C=N/C(C)=C\SN. The van der Waals surface area contributed by atoms with Crippen molar-refractivity contribution in [3.05, 3.63) is 11.1 Å². The molecule has 0 aromatic carbocycles. The lowest BCUT2D eigenvalue weighted by Crippen LogP contribution is -1.70. The Kier molecular flexibility index (Phi) is 3.74. The molecule has 0 aromatic heterocycles. The normalized spacial score (nSPS) is 11.4. The summed E-state index contributed by atoms with van der Waals surface area (Å²) in [5.41, 5.74) is 0.854. The number of rotatable bonds is 2. The summed E-state index contributed by atoms with van der Waals surface area (Å²) in [7, 11) is 0. The molecule has 0 unspecified atom stereocenters. The first-order valence-corrected chi connectivity index (χ1v) is 2.74. The highest BCUT2D eigenvalue weighted by Crippen LogP contribution is 1.97.